The summed E-state index contributed by atoms with van der Waals surface area (Å²) >= 11 is 0. The predicted molar refractivity (Wildman–Crippen MR) is 136 cm³/mol. The van der Waals surface area contributed by atoms with Crippen molar-refractivity contribution < 1.29 is 29.3 Å². The summed E-state index contributed by atoms with van der Waals surface area (Å²) in [6.07, 6.45) is 2.22. The van der Waals surface area contributed by atoms with Crippen molar-refractivity contribution >= 4 is 18.1 Å². The fraction of sp³-hybridized carbons (Fsp3) is 0.444. The number of carbonyl (C=O) groups excluding carboxylic acids is 1. The highest BCUT2D eigenvalue weighted by Crippen LogP contribution is 2.40. The van der Waals surface area contributed by atoms with Crippen LogP contribution in [-0.4, -0.2) is 42.0 Å². The number of phenols is 1. The van der Waals surface area contributed by atoms with Crippen molar-refractivity contribution in [2.45, 2.75) is 65.2 Å². The summed E-state index contributed by atoms with van der Waals surface area (Å²) in [5.41, 5.74) is 5.42. The Balaban J connectivity index is 2.06. The number of ether oxygens (including phenoxy) is 2. The third-order valence-electron chi connectivity index (χ3n) is 5.37. The molecule has 3 N–H and O–H groups in total. The molecule has 0 aliphatic rings. The molecule has 1 amide bonds. The van der Waals surface area contributed by atoms with Crippen LogP contribution in [0, 0.1) is 0 Å². The fourth-order valence-corrected chi connectivity index (χ4v) is 3.50. The lowest BCUT2D eigenvalue weighted by Crippen LogP contribution is -2.20. The van der Waals surface area contributed by atoms with Gasteiger partial charge in [0.15, 0.2) is 18.1 Å². The molecule has 8 nitrogen and oxygen atoms in total. The minimum Gasteiger partial charge on any atom is -0.507 e. The van der Waals surface area contributed by atoms with Gasteiger partial charge in [-0.25, -0.2) is 10.2 Å². The van der Waals surface area contributed by atoms with Crippen LogP contribution in [0.1, 0.15) is 70.2 Å². The number of hydrogen-bond acceptors (Lipinski definition) is 6. The van der Waals surface area contributed by atoms with Gasteiger partial charge in [0, 0.05) is 6.42 Å². The highest BCUT2D eigenvalue weighted by Gasteiger charge is 2.26. The summed E-state index contributed by atoms with van der Waals surface area (Å²) < 4.78 is 10.4. The third kappa shape index (κ3) is 8.02. The molecule has 0 radical (unpaired) electrons. The smallest absolute Gasteiger partial charge is 0.341 e. The molecule has 8 heteroatoms. The van der Waals surface area contributed by atoms with E-state index in [1.807, 2.05) is 12.1 Å². The number of aryl methyl sites for hydroxylation is 1. The number of carboxylic acids is 1. The summed E-state index contributed by atoms with van der Waals surface area (Å²) in [6, 6.07) is 8.83. The Labute approximate surface area is 207 Å². The molecule has 35 heavy (non-hydrogen) atoms. The van der Waals surface area contributed by atoms with Gasteiger partial charge in [-0.15, -0.1) is 0 Å². The van der Waals surface area contributed by atoms with Gasteiger partial charge in [0.25, 0.3) is 0 Å². The first kappa shape index (κ1) is 27.7. The molecule has 0 aromatic heterocycles. The molecule has 0 aliphatic carbocycles. The Hall–Kier alpha value is -3.55. The van der Waals surface area contributed by atoms with Crippen molar-refractivity contribution in [2.75, 3.05) is 13.7 Å². The Morgan fingerprint density at radius 1 is 1.00 bits per heavy atom. The van der Waals surface area contributed by atoms with Crippen molar-refractivity contribution in [2.24, 2.45) is 5.10 Å². The third-order valence-corrected chi connectivity index (χ3v) is 5.37. The number of rotatable bonds is 9. The molecule has 0 saturated heterocycles. The minimum absolute atomic E-state index is 0.234. The Morgan fingerprint density at radius 2 is 1.60 bits per heavy atom. The van der Waals surface area contributed by atoms with Gasteiger partial charge in [0.05, 0.1) is 13.3 Å². The normalized spacial score (nSPS) is 12.0. The largest absolute Gasteiger partial charge is 0.507 e. The molecular weight excluding hydrogens is 448 g/mol. The van der Waals surface area contributed by atoms with E-state index in [1.54, 1.807) is 18.2 Å². The molecule has 2 aromatic carbocycles. The summed E-state index contributed by atoms with van der Waals surface area (Å²) in [4.78, 5) is 23.1. The van der Waals surface area contributed by atoms with Gasteiger partial charge in [-0.1, -0.05) is 53.7 Å². The van der Waals surface area contributed by atoms with E-state index in [9.17, 15) is 14.7 Å². The summed E-state index contributed by atoms with van der Waals surface area (Å²) in [6.45, 7) is 11.9. The van der Waals surface area contributed by atoms with Crippen molar-refractivity contribution in [1.29, 1.82) is 0 Å². The molecule has 0 atom stereocenters. The lowest BCUT2D eigenvalue weighted by molar-refractivity contribution is -0.139. The average Bonchev–Trinajstić information content (AvgIpc) is 2.75. The molecule has 0 saturated carbocycles. The number of benzene rings is 2. The molecule has 0 heterocycles. The first-order valence-electron chi connectivity index (χ1n) is 11.4. The molecule has 0 unspecified atom stereocenters. The van der Waals surface area contributed by atoms with Crippen LogP contribution in [-0.2, 0) is 26.8 Å². The monoisotopic (exact) mass is 484 g/mol. The predicted octanol–water partition coefficient (Wildman–Crippen LogP) is 4.54. The van der Waals surface area contributed by atoms with Crippen LogP contribution in [0.2, 0.25) is 0 Å². The number of carbonyl (C=O) groups is 2. The number of nitrogens with one attached hydrogen (secondary N) is 1. The van der Waals surface area contributed by atoms with E-state index >= 15 is 0 Å². The first-order valence-corrected chi connectivity index (χ1v) is 11.4. The van der Waals surface area contributed by atoms with Gasteiger partial charge >= 0.3 is 5.97 Å². The summed E-state index contributed by atoms with van der Waals surface area (Å²) in [5.74, 6) is -0.348. The van der Waals surface area contributed by atoms with E-state index < -0.39 is 12.6 Å². The number of aromatic hydroxyl groups is 1. The van der Waals surface area contributed by atoms with Crippen LogP contribution in [0.3, 0.4) is 0 Å². The fourth-order valence-electron chi connectivity index (χ4n) is 3.50. The Bertz CT molecular complexity index is 1060. The number of hydrazone groups is 1. The number of aliphatic carboxylic acids is 1. The topological polar surface area (TPSA) is 117 Å². The number of carboxylic acid groups (broad SMARTS) is 1. The molecule has 0 aliphatic heterocycles. The summed E-state index contributed by atoms with van der Waals surface area (Å²) in [7, 11) is 1.45. The second-order valence-corrected chi connectivity index (χ2v) is 10.4. The average molecular weight is 485 g/mol. The number of hydrogen-bond donors (Lipinski definition) is 3. The molecule has 2 rings (SSSR count). The van der Waals surface area contributed by atoms with Gasteiger partial charge in [-0.05, 0) is 57.7 Å². The second-order valence-electron chi connectivity index (χ2n) is 10.4. The van der Waals surface area contributed by atoms with Crippen molar-refractivity contribution in [3.05, 3.63) is 52.6 Å². The first-order chi connectivity index (χ1) is 16.2. The SMILES string of the molecule is COc1cc(/C=N\NC(=O)CCc2cc(C(C)(C)C)c(O)c(C(C)(C)C)c2)ccc1OCC(=O)O. The summed E-state index contributed by atoms with van der Waals surface area (Å²) in [5, 5.41) is 23.6. The lowest BCUT2D eigenvalue weighted by Gasteiger charge is -2.28. The van der Waals surface area contributed by atoms with Crippen LogP contribution in [0.5, 0.6) is 17.2 Å². The zero-order valence-electron chi connectivity index (χ0n) is 21.6. The molecule has 0 bridgehead atoms. The standard InChI is InChI=1S/C27H36N2O6/c1-26(2,3)19-12-17(13-20(25(19)33)27(4,5)6)9-11-23(30)29-28-15-18-8-10-21(22(14-18)34-7)35-16-24(31)32/h8,10,12-15,33H,9,11,16H2,1-7H3,(H,29,30)(H,31,32)/b28-15-. The number of amides is 1. The molecular formula is C27H36N2O6. The molecule has 190 valence electrons. The minimum atomic E-state index is -1.09. The zero-order chi connectivity index (χ0) is 26.4. The maximum Gasteiger partial charge on any atom is 0.341 e. The molecule has 0 spiro atoms. The maximum absolute atomic E-state index is 12.4. The molecule has 2 aromatic rings. The van der Waals surface area contributed by atoms with Gasteiger partial charge in [-0.3, -0.25) is 4.79 Å². The van der Waals surface area contributed by atoms with Crippen LogP contribution < -0.4 is 14.9 Å². The highest BCUT2D eigenvalue weighted by molar-refractivity contribution is 5.83. The second kappa shape index (κ2) is 11.3. The van der Waals surface area contributed by atoms with E-state index in [0.29, 0.717) is 29.2 Å². The Kier molecular flexibility index (Phi) is 8.90. The maximum atomic E-state index is 12.4. The van der Waals surface area contributed by atoms with Gasteiger partial charge in [-0.2, -0.15) is 5.10 Å². The molecule has 0 fully saturated rings. The van der Waals surface area contributed by atoms with Gasteiger partial charge in [0.2, 0.25) is 5.91 Å². The van der Waals surface area contributed by atoms with Crippen LogP contribution >= 0.6 is 0 Å². The van der Waals surface area contributed by atoms with Gasteiger partial charge in [0.1, 0.15) is 5.75 Å². The van der Waals surface area contributed by atoms with Gasteiger partial charge < -0.3 is 19.7 Å². The van der Waals surface area contributed by atoms with E-state index in [0.717, 1.165) is 16.7 Å². The quantitative estimate of drug-likeness (QED) is 0.355. The zero-order valence-corrected chi connectivity index (χ0v) is 21.6. The van der Waals surface area contributed by atoms with Crippen LogP contribution in [0.25, 0.3) is 0 Å². The van der Waals surface area contributed by atoms with E-state index in [1.165, 1.54) is 13.3 Å². The van der Waals surface area contributed by atoms with Crippen molar-refractivity contribution in [3.8, 4) is 17.2 Å². The van der Waals surface area contributed by atoms with E-state index in [-0.39, 0.29) is 23.2 Å². The highest BCUT2D eigenvalue weighted by atomic mass is 16.5. The number of methoxy groups -OCH3 is 1. The Morgan fingerprint density at radius 3 is 2.11 bits per heavy atom. The van der Waals surface area contributed by atoms with Crippen LogP contribution in [0.4, 0.5) is 0 Å². The lowest BCUT2D eigenvalue weighted by atomic mass is 9.78. The number of nitrogens with zero attached hydrogens (tertiary/aromatic N) is 1. The van der Waals surface area contributed by atoms with E-state index in [4.69, 9.17) is 14.6 Å². The van der Waals surface area contributed by atoms with Crippen molar-refractivity contribution in [3.63, 3.8) is 0 Å². The van der Waals surface area contributed by atoms with Crippen molar-refractivity contribution in [1.82, 2.24) is 5.43 Å². The van der Waals surface area contributed by atoms with E-state index in [2.05, 4.69) is 52.1 Å². The van der Waals surface area contributed by atoms with Crippen LogP contribution in [0.15, 0.2) is 35.4 Å². The number of phenolic OH excluding ortho intramolecular Hbond substituents is 1.